The molecular formula is C17H27N3O3. The van der Waals surface area contributed by atoms with E-state index < -0.39 is 5.60 Å². The van der Waals surface area contributed by atoms with E-state index in [-0.39, 0.29) is 17.4 Å². The first-order valence-electron chi connectivity index (χ1n) is 8.08. The number of hydrogen-bond acceptors (Lipinski definition) is 3. The second-order valence-electron chi connectivity index (χ2n) is 7.54. The average Bonchev–Trinajstić information content (AvgIpc) is 2.98. The van der Waals surface area contributed by atoms with Crippen LogP contribution in [0.2, 0.25) is 0 Å². The maximum absolute atomic E-state index is 12.1. The van der Waals surface area contributed by atoms with Gasteiger partial charge < -0.3 is 19.9 Å². The van der Waals surface area contributed by atoms with E-state index in [4.69, 9.17) is 4.74 Å². The summed E-state index contributed by atoms with van der Waals surface area (Å²) in [4.78, 5) is 28.7. The molecule has 0 aromatic carbocycles. The SMILES string of the molecule is CC1(CNC(=O)c2ccc[nH]2)CCN(C(=O)OC(C)(C)C)CC1. The van der Waals surface area contributed by atoms with Gasteiger partial charge in [-0.3, -0.25) is 4.79 Å². The summed E-state index contributed by atoms with van der Waals surface area (Å²) in [5, 5.41) is 2.97. The zero-order chi connectivity index (χ0) is 17.1. The molecule has 1 saturated heterocycles. The van der Waals surface area contributed by atoms with Gasteiger partial charge >= 0.3 is 6.09 Å². The molecular weight excluding hydrogens is 294 g/mol. The number of rotatable bonds is 3. The van der Waals surface area contributed by atoms with E-state index in [1.54, 1.807) is 23.2 Å². The number of H-pyrrole nitrogens is 1. The summed E-state index contributed by atoms with van der Waals surface area (Å²) in [6.45, 7) is 9.67. The molecule has 2 heterocycles. The molecule has 2 amide bonds. The Morgan fingerprint density at radius 2 is 2.00 bits per heavy atom. The van der Waals surface area contributed by atoms with Crippen LogP contribution in [0, 0.1) is 5.41 Å². The van der Waals surface area contributed by atoms with E-state index in [2.05, 4.69) is 17.2 Å². The Kier molecular flexibility index (Phi) is 5.02. The number of piperidine rings is 1. The lowest BCUT2D eigenvalue weighted by Gasteiger charge is -2.39. The minimum Gasteiger partial charge on any atom is -0.444 e. The fourth-order valence-electron chi connectivity index (χ4n) is 2.59. The van der Waals surface area contributed by atoms with Crippen molar-refractivity contribution >= 4 is 12.0 Å². The van der Waals surface area contributed by atoms with Crippen LogP contribution in [0.5, 0.6) is 0 Å². The second kappa shape index (κ2) is 6.64. The van der Waals surface area contributed by atoms with Crippen molar-refractivity contribution in [2.24, 2.45) is 5.41 Å². The summed E-state index contributed by atoms with van der Waals surface area (Å²) in [6.07, 6.45) is 3.17. The quantitative estimate of drug-likeness (QED) is 0.899. The van der Waals surface area contributed by atoms with E-state index in [0.717, 1.165) is 12.8 Å². The number of amides is 2. The second-order valence-corrected chi connectivity index (χ2v) is 7.54. The van der Waals surface area contributed by atoms with Gasteiger partial charge in [-0.05, 0) is 51.2 Å². The lowest BCUT2D eigenvalue weighted by Crippen LogP contribution is -2.47. The third-order valence-electron chi connectivity index (χ3n) is 4.14. The van der Waals surface area contributed by atoms with Gasteiger partial charge in [-0.15, -0.1) is 0 Å². The molecule has 2 rings (SSSR count). The van der Waals surface area contributed by atoms with Gasteiger partial charge in [0.25, 0.3) is 5.91 Å². The summed E-state index contributed by atoms with van der Waals surface area (Å²) in [5.74, 6) is -0.0919. The van der Waals surface area contributed by atoms with Crippen molar-refractivity contribution in [3.63, 3.8) is 0 Å². The molecule has 6 nitrogen and oxygen atoms in total. The largest absolute Gasteiger partial charge is 0.444 e. The molecule has 1 aliphatic heterocycles. The molecule has 23 heavy (non-hydrogen) atoms. The van der Waals surface area contributed by atoms with Gasteiger partial charge in [0.1, 0.15) is 11.3 Å². The highest BCUT2D eigenvalue weighted by molar-refractivity contribution is 5.92. The fraction of sp³-hybridized carbons (Fsp3) is 0.647. The van der Waals surface area contributed by atoms with Crippen LogP contribution in [-0.4, -0.2) is 47.1 Å². The van der Waals surface area contributed by atoms with Crippen molar-refractivity contribution in [2.75, 3.05) is 19.6 Å². The summed E-state index contributed by atoms with van der Waals surface area (Å²) in [6, 6.07) is 3.55. The zero-order valence-corrected chi connectivity index (χ0v) is 14.4. The van der Waals surface area contributed by atoms with Crippen molar-refractivity contribution in [3.05, 3.63) is 24.0 Å². The number of carbonyl (C=O) groups is 2. The molecule has 0 unspecified atom stereocenters. The number of ether oxygens (including phenoxy) is 1. The summed E-state index contributed by atoms with van der Waals surface area (Å²) >= 11 is 0. The van der Waals surface area contributed by atoms with E-state index >= 15 is 0 Å². The number of aromatic nitrogens is 1. The lowest BCUT2D eigenvalue weighted by molar-refractivity contribution is 0.0118. The summed E-state index contributed by atoms with van der Waals surface area (Å²) in [5.41, 5.74) is 0.0996. The van der Waals surface area contributed by atoms with E-state index in [9.17, 15) is 9.59 Å². The normalized spacial score (nSPS) is 17.7. The molecule has 0 aliphatic carbocycles. The van der Waals surface area contributed by atoms with Gasteiger partial charge in [-0.25, -0.2) is 4.79 Å². The highest BCUT2D eigenvalue weighted by Crippen LogP contribution is 2.30. The monoisotopic (exact) mass is 321 g/mol. The summed E-state index contributed by atoms with van der Waals surface area (Å²) in [7, 11) is 0. The minimum atomic E-state index is -0.470. The maximum atomic E-state index is 12.1. The zero-order valence-electron chi connectivity index (χ0n) is 14.4. The third-order valence-corrected chi connectivity index (χ3v) is 4.14. The molecule has 0 bridgehead atoms. The Balaban J connectivity index is 1.80. The van der Waals surface area contributed by atoms with Crippen LogP contribution in [0.3, 0.4) is 0 Å². The molecule has 0 atom stereocenters. The first kappa shape index (κ1) is 17.4. The van der Waals surface area contributed by atoms with Gasteiger partial charge in [-0.1, -0.05) is 6.92 Å². The molecule has 1 aromatic heterocycles. The molecule has 1 aliphatic rings. The van der Waals surface area contributed by atoms with Crippen LogP contribution in [0.4, 0.5) is 4.79 Å². The Morgan fingerprint density at radius 3 is 2.52 bits per heavy atom. The molecule has 6 heteroatoms. The van der Waals surface area contributed by atoms with Crippen molar-refractivity contribution in [1.29, 1.82) is 0 Å². The van der Waals surface area contributed by atoms with E-state index in [1.807, 2.05) is 20.8 Å². The predicted molar refractivity (Wildman–Crippen MR) is 88.3 cm³/mol. The molecule has 0 spiro atoms. The van der Waals surface area contributed by atoms with Gasteiger partial charge in [0.05, 0.1) is 0 Å². The molecule has 0 saturated carbocycles. The first-order chi connectivity index (χ1) is 10.7. The van der Waals surface area contributed by atoms with Crippen LogP contribution in [-0.2, 0) is 4.74 Å². The van der Waals surface area contributed by atoms with Crippen molar-refractivity contribution < 1.29 is 14.3 Å². The van der Waals surface area contributed by atoms with Crippen molar-refractivity contribution in [1.82, 2.24) is 15.2 Å². The standard InChI is InChI=1S/C17H27N3O3/c1-16(2,3)23-15(22)20-10-7-17(4,8-11-20)12-19-14(21)13-6-5-9-18-13/h5-6,9,18H,7-8,10-12H2,1-4H3,(H,19,21). The van der Waals surface area contributed by atoms with Gasteiger partial charge in [0.2, 0.25) is 0 Å². The van der Waals surface area contributed by atoms with Gasteiger partial charge in [-0.2, -0.15) is 0 Å². The van der Waals surface area contributed by atoms with Crippen LogP contribution in [0.1, 0.15) is 51.0 Å². The number of carbonyl (C=O) groups excluding carboxylic acids is 2. The molecule has 1 fully saturated rings. The van der Waals surface area contributed by atoms with Crippen LogP contribution in [0.25, 0.3) is 0 Å². The van der Waals surface area contributed by atoms with E-state index in [1.165, 1.54) is 0 Å². The van der Waals surface area contributed by atoms with Crippen molar-refractivity contribution in [3.8, 4) is 0 Å². The number of nitrogens with zero attached hydrogens (tertiary/aromatic N) is 1. The Hall–Kier alpha value is -1.98. The molecule has 0 radical (unpaired) electrons. The van der Waals surface area contributed by atoms with Gasteiger partial charge in [0.15, 0.2) is 0 Å². The smallest absolute Gasteiger partial charge is 0.410 e. The first-order valence-corrected chi connectivity index (χ1v) is 8.08. The number of aromatic amines is 1. The van der Waals surface area contributed by atoms with Crippen LogP contribution < -0.4 is 5.32 Å². The number of nitrogens with one attached hydrogen (secondary N) is 2. The number of likely N-dealkylation sites (tertiary alicyclic amines) is 1. The topological polar surface area (TPSA) is 74.4 Å². The molecule has 2 N–H and O–H groups in total. The Bertz CT molecular complexity index is 538. The number of hydrogen-bond donors (Lipinski definition) is 2. The third kappa shape index (κ3) is 5.01. The van der Waals surface area contributed by atoms with Crippen LogP contribution in [0.15, 0.2) is 18.3 Å². The predicted octanol–water partition coefficient (Wildman–Crippen LogP) is 2.78. The highest BCUT2D eigenvalue weighted by Gasteiger charge is 2.33. The maximum Gasteiger partial charge on any atom is 0.410 e. The molecule has 128 valence electrons. The highest BCUT2D eigenvalue weighted by atomic mass is 16.6. The van der Waals surface area contributed by atoms with Crippen LogP contribution >= 0.6 is 0 Å². The van der Waals surface area contributed by atoms with Gasteiger partial charge in [0, 0.05) is 25.8 Å². The van der Waals surface area contributed by atoms with Crippen molar-refractivity contribution in [2.45, 2.75) is 46.1 Å². The Labute approximate surface area is 137 Å². The fourth-order valence-corrected chi connectivity index (χ4v) is 2.59. The summed E-state index contributed by atoms with van der Waals surface area (Å²) < 4.78 is 5.41. The van der Waals surface area contributed by atoms with E-state index in [0.29, 0.717) is 25.3 Å². The Morgan fingerprint density at radius 1 is 1.35 bits per heavy atom. The molecule has 1 aromatic rings. The average molecular weight is 321 g/mol. The minimum absolute atomic E-state index is 0.000759. The lowest BCUT2D eigenvalue weighted by atomic mass is 9.80.